The van der Waals surface area contributed by atoms with Crippen molar-refractivity contribution in [3.05, 3.63) is 35.9 Å². The van der Waals surface area contributed by atoms with Gasteiger partial charge in [-0.1, -0.05) is 30.3 Å². The molecule has 128 valence electrons. The summed E-state index contributed by atoms with van der Waals surface area (Å²) in [7, 11) is 1.66. The van der Waals surface area contributed by atoms with E-state index >= 15 is 0 Å². The van der Waals surface area contributed by atoms with Gasteiger partial charge in [-0.05, 0) is 24.3 Å². The third kappa shape index (κ3) is 6.69. The fraction of sp³-hybridized carbons (Fsp3) is 0.611. The standard InChI is InChI=1S/C18H28N2O3/c1-22-12-9-19-13-18(21)20(14-16-5-3-2-4-6-16)15-17-7-10-23-11-8-17/h2-6,17,19H,7-15H2,1H3. The highest BCUT2D eigenvalue weighted by Gasteiger charge is 2.21. The lowest BCUT2D eigenvalue weighted by atomic mass is 9.99. The molecule has 0 atom stereocenters. The first-order valence-corrected chi connectivity index (χ1v) is 8.38. The molecule has 1 aliphatic rings. The average Bonchev–Trinajstić information content (AvgIpc) is 2.60. The Morgan fingerprint density at radius 2 is 2.04 bits per heavy atom. The number of hydrogen-bond donors (Lipinski definition) is 1. The summed E-state index contributed by atoms with van der Waals surface area (Å²) in [6, 6.07) is 10.2. The van der Waals surface area contributed by atoms with E-state index in [9.17, 15) is 4.79 Å². The maximum absolute atomic E-state index is 12.6. The van der Waals surface area contributed by atoms with Crippen LogP contribution in [0.15, 0.2) is 30.3 Å². The van der Waals surface area contributed by atoms with Crippen molar-refractivity contribution in [1.82, 2.24) is 10.2 Å². The number of amides is 1. The van der Waals surface area contributed by atoms with Gasteiger partial charge in [0.15, 0.2) is 0 Å². The second-order valence-corrected chi connectivity index (χ2v) is 5.99. The number of carbonyl (C=O) groups is 1. The van der Waals surface area contributed by atoms with Crippen molar-refractivity contribution in [2.75, 3.05) is 46.6 Å². The monoisotopic (exact) mass is 320 g/mol. The second-order valence-electron chi connectivity index (χ2n) is 5.99. The molecule has 23 heavy (non-hydrogen) atoms. The summed E-state index contributed by atoms with van der Waals surface area (Å²) in [5.41, 5.74) is 1.17. The molecule has 2 rings (SSSR count). The van der Waals surface area contributed by atoms with E-state index in [1.165, 1.54) is 5.56 Å². The predicted octanol–water partition coefficient (Wildman–Crippen LogP) is 1.68. The number of nitrogens with zero attached hydrogens (tertiary/aromatic N) is 1. The fourth-order valence-corrected chi connectivity index (χ4v) is 2.78. The van der Waals surface area contributed by atoms with Gasteiger partial charge < -0.3 is 19.7 Å². The highest BCUT2D eigenvalue weighted by Crippen LogP contribution is 2.17. The number of methoxy groups -OCH3 is 1. The van der Waals surface area contributed by atoms with Crippen molar-refractivity contribution >= 4 is 5.91 Å². The zero-order valence-electron chi connectivity index (χ0n) is 14.0. The molecule has 0 unspecified atom stereocenters. The summed E-state index contributed by atoms with van der Waals surface area (Å²) in [5.74, 6) is 0.687. The lowest BCUT2D eigenvalue weighted by molar-refractivity contribution is -0.132. The van der Waals surface area contributed by atoms with E-state index in [1.54, 1.807) is 7.11 Å². The smallest absolute Gasteiger partial charge is 0.236 e. The van der Waals surface area contributed by atoms with E-state index in [2.05, 4.69) is 17.4 Å². The van der Waals surface area contributed by atoms with Crippen LogP contribution in [-0.4, -0.2) is 57.4 Å². The quantitative estimate of drug-likeness (QED) is 0.703. The first-order valence-electron chi connectivity index (χ1n) is 8.38. The fourth-order valence-electron chi connectivity index (χ4n) is 2.78. The minimum Gasteiger partial charge on any atom is -0.383 e. The number of benzene rings is 1. The van der Waals surface area contributed by atoms with Crippen molar-refractivity contribution in [3.63, 3.8) is 0 Å². The first kappa shape index (κ1) is 17.9. The van der Waals surface area contributed by atoms with Gasteiger partial charge >= 0.3 is 0 Å². The zero-order valence-corrected chi connectivity index (χ0v) is 14.0. The summed E-state index contributed by atoms with van der Waals surface area (Å²) in [6.45, 7) is 4.77. The van der Waals surface area contributed by atoms with E-state index in [4.69, 9.17) is 9.47 Å². The summed E-state index contributed by atoms with van der Waals surface area (Å²) in [5, 5.41) is 3.15. The van der Waals surface area contributed by atoms with Crippen molar-refractivity contribution < 1.29 is 14.3 Å². The molecule has 5 heteroatoms. The van der Waals surface area contributed by atoms with Crippen LogP contribution in [-0.2, 0) is 20.8 Å². The summed E-state index contributed by atoms with van der Waals surface area (Å²) in [6.07, 6.45) is 2.07. The molecule has 1 aliphatic heterocycles. The van der Waals surface area contributed by atoms with Crippen LogP contribution < -0.4 is 5.32 Å². The predicted molar refractivity (Wildman–Crippen MR) is 90.1 cm³/mol. The van der Waals surface area contributed by atoms with Crippen molar-refractivity contribution in [1.29, 1.82) is 0 Å². The molecule has 5 nitrogen and oxygen atoms in total. The summed E-state index contributed by atoms with van der Waals surface area (Å²) < 4.78 is 10.4. The SMILES string of the molecule is COCCNCC(=O)N(Cc1ccccc1)CC1CCOCC1. The molecular formula is C18H28N2O3. The first-order chi connectivity index (χ1) is 11.3. The van der Waals surface area contributed by atoms with E-state index < -0.39 is 0 Å². The zero-order chi connectivity index (χ0) is 16.3. The van der Waals surface area contributed by atoms with Crippen molar-refractivity contribution in [2.24, 2.45) is 5.92 Å². The van der Waals surface area contributed by atoms with Gasteiger partial charge in [-0.25, -0.2) is 0 Å². The largest absolute Gasteiger partial charge is 0.383 e. The maximum Gasteiger partial charge on any atom is 0.236 e. The summed E-state index contributed by atoms with van der Waals surface area (Å²) in [4.78, 5) is 14.6. The van der Waals surface area contributed by atoms with Crippen LogP contribution in [0.2, 0.25) is 0 Å². The molecule has 0 saturated carbocycles. The van der Waals surface area contributed by atoms with Crippen LogP contribution >= 0.6 is 0 Å². The Morgan fingerprint density at radius 3 is 2.74 bits per heavy atom. The van der Waals surface area contributed by atoms with E-state index in [-0.39, 0.29) is 5.91 Å². The molecule has 1 aromatic carbocycles. The Kier molecular flexibility index (Phi) is 8.07. The van der Waals surface area contributed by atoms with Crippen LogP contribution in [0.3, 0.4) is 0 Å². The lowest BCUT2D eigenvalue weighted by Gasteiger charge is -2.30. The second kappa shape index (κ2) is 10.4. The molecule has 0 aliphatic carbocycles. The molecule has 0 aromatic heterocycles. The molecule has 0 spiro atoms. The molecule has 1 fully saturated rings. The van der Waals surface area contributed by atoms with Crippen molar-refractivity contribution in [3.8, 4) is 0 Å². The topological polar surface area (TPSA) is 50.8 Å². The Hall–Kier alpha value is -1.43. The third-order valence-electron chi connectivity index (χ3n) is 4.15. The minimum atomic E-state index is 0.149. The molecule has 1 N–H and O–H groups in total. The van der Waals surface area contributed by atoms with Gasteiger partial charge in [0.25, 0.3) is 0 Å². The normalized spacial score (nSPS) is 15.5. The molecule has 1 heterocycles. The number of ether oxygens (including phenoxy) is 2. The number of rotatable bonds is 9. The van der Waals surface area contributed by atoms with Crippen LogP contribution in [0.5, 0.6) is 0 Å². The Balaban J connectivity index is 1.90. The molecule has 1 amide bonds. The van der Waals surface area contributed by atoms with Crippen LogP contribution in [0, 0.1) is 5.92 Å². The number of carbonyl (C=O) groups excluding carboxylic acids is 1. The van der Waals surface area contributed by atoms with Crippen molar-refractivity contribution in [2.45, 2.75) is 19.4 Å². The highest BCUT2D eigenvalue weighted by atomic mass is 16.5. The highest BCUT2D eigenvalue weighted by molar-refractivity contribution is 5.78. The minimum absolute atomic E-state index is 0.149. The molecule has 1 aromatic rings. The average molecular weight is 320 g/mol. The Bertz CT molecular complexity index is 447. The van der Waals surface area contributed by atoms with Gasteiger partial charge in [-0.15, -0.1) is 0 Å². The van der Waals surface area contributed by atoms with E-state index in [1.807, 2.05) is 23.1 Å². The van der Waals surface area contributed by atoms with E-state index in [0.29, 0.717) is 32.2 Å². The third-order valence-corrected chi connectivity index (χ3v) is 4.15. The van der Waals surface area contributed by atoms with Gasteiger partial charge in [-0.2, -0.15) is 0 Å². The summed E-state index contributed by atoms with van der Waals surface area (Å²) >= 11 is 0. The molecule has 1 saturated heterocycles. The maximum atomic E-state index is 12.6. The van der Waals surface area contributed by atoms with Crippen LogP contribution in [0.1, 0.15) is 18.4 Å². The molecular weight excluding hydrogens is 292 g/mol. The van der Waals surface area contributed by atoms with Gasteiger partial charge in [0.2, 0.25) is 5.91 Å². The Labute approximate surface area is 139 Å². The number of hydrogen-bond acceptors (Lipinski definition) is 4. The van der Waals surface area contributed by atoms with Gasteiger partial charge in [0, 0.05) is 40.0 Å². The van der Waals surface area contributed by atoms with Crippen LogP contribution in [0.25, 0.3) is 0 Å². The van der Waals surface area contributed by atoms with E-state index in [0.717, 1.165) is 32.6 Å². The Morgan fingerprint density at radius 1 is 1.30 bits per heavy atom. The molecule has 0 radical (unpaired) electrons. The number of nitrogens with one attached hydrogen (secondary N) is 1. The van der Waals surface area contributed by atoms with Gasteiger partial charge in [0.05, 0.1) is 13.2 Å². The van der Waals surface area contributed by atoms with Crippen LogP contribution in [0.4, 0.5) is 0 Å². The van der Waals surface area contributed by atoms with Gasteiger partial charge in [-0.3, -0.25) is 4.79 Å². The molecule has 0 bridgehead atoms. The lowest BCUT2D eigenvalue weighted by Crippen LogP contribution is -2.42. The van der Waals surface area contributed by atoms with Gasteiger partial charge in [0.1, 0.15) is 0 Å².